The number of carboxylic acid groups (broad SMARTS) is 1. The average molecular weight is 408 g/mol. The molecule has 1 aliphatic rings. The fraction of sp³-hybridized carbons (Fsp3) is 0.538. The van der Waals surface area contributed by atoms with Crippen molar-refractivity contribution in [1.82, 2.24) is 10.2 Å². The zero-order valence-electron chi connectivity index (χ0n) is 11.0. The van der Waals surface area contributed by atoms with Crippen LogP contribution in [0.3, 0.4) is 0 Å². The van der Waals surface area contributed by atoms with E-state index in [-0.39, 0.29) is 12.5 Å². The molecular weight excluding hydrogens is 391 g/mol. The first-order valence-corrected chi connectivity index (χ1v) is 8.48. The van der Waals surface area contributed by atoms with Crippen LogP contribution in [0.15, 0.2) is 11.4 Å². The van der Waals surface area contributed by atoms with Gasteiger partial charge in [-0.25, -0.2) is 0 Å². The van der Waals surface area contributed by atoms with Gasteiger partial charge in [0.05, 0.1) is 15.0 Å². The Morgan fingerprint density at radius 2 is 2.35 bits per heavy atom. The first-order chi connectivity index (χ1) is 9.56. The van der Waals surface area contributed by atoms with Gasteiger partial charge in [0.2, 0.25) is 0 Å². The summed E-state index contributed by atoms with van der Waals surface area (Å²) in [7, 11) is 0. The highest BCUT2D eigenvalue weighted by atomic mass is 127. The lowest BCUT2D eigenvalue weighted by Crippen LogP contribution is -2.43. The fourth-order valence-electron chi connectivity index (χ4n) is 2.40. The third kappa shape index (κ3) is 4.42. The second-order valence-corrected chi connectivity index (χ2v) is 7.73. The molecule has 0 aliphatic carbocycles. The molecule has 1 aromatic heterocycles. The van der Waals surface area contributed by atoms with Gasteiger partial charge in [0.25, 0.3) is 5.91 Å². The highest BCUT2D eigenvalue weighted by Crippen LogP contribution is 2.21. The van der Waals surface area contributed by atoms with Gasteiger partial charge < -0.3 is 15.3 Å². The maximum absolute atomic E-state index is 12.4. The number of carbonyl (C=O) groups excluding carboxylic acids is 1. The van der Waals surface area contributed by atoms with Crippen molar-refractivity contribution in [2.75, 3.05) is 26.2 Å². The van der Waals surface area contributed by atoms with Crippen molar-refractivity contribution < 1.29 is 14.7 Å². The molecule has 1 saturated heterocycles. The van der Waals surface area contributed by atoms with E-state index in [1.54, 1.807) is 11.3 Å². The Kier molecular flexibility index (Phi) is 5.79. The summed E-state index contributed by atoms with van der Waals surface area (Å²) < 4.78 is 1.11. The van der Waals surface area contributed by atoms with E-state index >= 15 is 0 Å². The molecule has 1 fully saturated rings. The number of piperidine rings is 1. The topological polar surface area (TPSA) is 69.6 Å². The first kappa shape index (κ1) is 15.7. The third-order valence-electron chi connectivity index (χ3n) is 3.33. The molecule has 0 aromatic carbocycles. The van der Waals surface area contributed by atoms with Crippen LogP contribution in [0.5, 0.6) is 0 Å². The summed E-state index contributed by atoms with van der Waals surface area (Å²) in [6.07, 6.45) is 2.02. The Hall–Kier alpha value is -0.670. The van der Waals surface area contributed by atoms with Crippen LogP contribution in [0.25, 0.3) is 0 Å². The summed E-state index contributed by atoms with van der Waals surface area (Å²) >= 11 is 3.79. The minimum Gasteiger partial charge on any atom is -0.480 e. The Labute approximate surface area is 135 Å². The van der Waals surface area contributed by atoms with E-state index in [0.717, 1.165) is 27.8 Å². The van der Waals surface area contributed by atoms with E-state index in [0.29, 0.717) is 19.0 Å². The summed E-state index contributed by atoms with van der Waals surface area (Å²) in [5.41, 5.74) is 0.763. The molecule has 20 heavy (non-hydrogen) atoms. The van der Waals surface area contributed by atoms with Gasteiger partial charge in [-0.15, -0.1) is 11.3 Å². The number of carboxylic acids is 1. The smallest absolute Gasteiger partial charge is 0.317 e. The van der Waals surface area contributed by atoms with Gasteiger partial charge >= 0.3 is 5.97 Å². The van der Waals surface area contributed by atoms with Crippen molar-refractivity contribution in [3.8, 4) is 0 Å². The molecule has 110 valence electrons. The Morgan fingerprint density at radius 1 is 1.55 bits per heavy atom. The molecule has 0 bridgehead atoms. The Morgan fingerprint density at radius 3 is 3.00 bits per heavy atom. The highest BCUT2D eigenvalue weighted by Gasteiger charge is 2.24. The molecule has 1 aromatic rings. The van der Waals surface area contributed by atoms with Crippen molar-refractivity contribution in [3.05, 3.63) is 19.9 Å². The number of amides is 1. The van der Waals surface area contributed by atoms with Crippen LogP contribution in [-0.4, -0.2) is 48.1 Å². The molecule has 0 radical (unpaired) electrons. The second kappa shape index (κ2) is 7.37. The van der Waals surface area contributed by atoms with Gasteiger partial charge in [0.15, 0.2) is 0 Å². The number of hydrogen-bond acceptors (Lipinski definition) is 4. The zero-order chi connectivity index (χ0) is 14.5. The molecule has 2 heterocycles. The normalized spacial score (nSPS) is 19.1. The first-order valence-electron chi connectivity index (χ1n) is 6.52. The molecule has 7 heteroatoms. The lowest BCUT2D eigenvalue weighted by atomic mass is 9.97. The summed E-state index contributed by atoms with van der Waals surface area (Å²) in [6.45, 7) is 2.13. The molecule has 1 aliphatic heterocycles. The Bertz CT molecular complexity index is 492. The minimum atomic E-state index is -0.846. The number of thiophene rings is 1. The average Bonchev–Trinajstić information content (AvgIpc) is 2.84. The SMILES string of the molecule is O=C(O)CNCC1CCCN(C(=O)c2csc(I)c2)C1. The molecule has 1 unspecified atom stereocenters. The number of hydrogen-bond donors (Lipinski definition) is 2. The number of rotatable bonds is 5. The maximum atomic E-state index is 12.4. The number of aliphatic carboxylic acids is 1. The van der Waals surface area contributed by atoms with Crippen LogP contribution in [0.4, 0.5) is 0 Å². The molecular formula is C13H17IN2O3S. The van der Waals surface area contributed by atoms with Crippen molar-refractivity contribution >= 4 is 45.8 Å². The largest absolute Gasteiger partial charge is 0.480 e. The van der Waals surface area contributed by atoms with Crippen molar-refractivity contribution in [2.24, 2.45) is 5.92 Å². The van der Waals surface area contributed by atoms with Crippen LogP contribution in [-0.2, 0) is 4.79 Å². The van der Waals surface area contributed by atoms with Gasteiger partial charge in [-0.3, -0.25) is 9.59 Å². The molecule has 2 N–H and O–H groups in total. The molecule has 2 rings (SSSR count). The van der Waals surface area contributed by atoms with Gasteiger partial charge in [0.1, 0.15) is 0 Å². The van der Waals surface area contributed by atoms with Crippen LogP contribution in [0, 0.1) is 8.80 Å². The van der Waals surface area contributed by atoms with Crippen molar-refractivity contribution in [3.63, 3.8) is 0 Å². The minimum absolute atomic E-state index is 0.0207. The Balaban J connectivity index is 1.86. The number of likely N-dealkylation sites (tertiary alicyclic amines) is 1. The van der Waals surface area contributed by atoms with Crippen LogP contribution < -0.4 is 5.32 Å². The van der Waals surface area contributed by atoms with Crippen LogP contribution >= 0.6 is 33.9 Å². The van der Waals surface area contributed by atoms with E-state index in [1.807, 2.05) is 16.3 Å². The highest BCUT2D eigenvalue weighted by molar-refractivity contribution is 14.1. The molecule has 1 atom stereocenters. The molecule has 0 spiro atoms. The second-order valence-electron chi connectivity index (χ2n) is 4.92. The monoisotopic (exact) mass is 408 g/mol. The predicted molar refractivity (Wildman–Crippen MR) is 86.2 cm³/mol. The summed E-state index contributed by atoms with van der Waals surface area (Å²) in [4.78, 5) is 24.7. The van der Waals surface area contributed by atoms with E-state index < -0.39 is 5.97 Å². The summed E-state index contributed by atoms with van der Waals surface area (Å²) in [6, 6.07) is 1.92. The van der Waals surface area contributed by atoms with E-state index in [4.69, 9.17) is 5.11 Å². The quantitative estimate of drug-likeness (QED) is 0.731. The van der Waals surface area contributed by atoms with E-state index in [9.17, 15) is 9.59 Å². The number of nitrogens with one attached hydrogen (secondary N) is 1. The van der Waals surface area contributed by atoms with Crippen molar-refractivity contribution in [2.45, 2.75) is 12.8 Å². The van der Waals surface area contributed by atoms with Crippen LogP contribution in [0.1, 0.15) is 23.2 Å². The van der Waals surface area contributed by atoms with Crippen LogP contribution in [0.2, 0.25) is 0 Å². The van der Waals surface area contributed by atoms with E-state index in [1.165, 1.54) is 0 Å². The third-order valence-corrected chi connectivity index (χ3v) is 5.12. The molecule has 5 nitrogen and oxygen atoms in total. The maximum Gasteiger partial charge on any atom is 0.317 e. The predicted octanol–water partition coefficient (Wildman–Crippen LogP) is 1.88. The summed E-state index contributed by atoms with van der Waals surface area (Å²) in [5, 5.41) is 13.4. The fourth-order valence-corrected chi connectivity index (χ4v) is 3.72. The van der Waals surface area contributed by atoms with Gasteiger partial charge in [-0.2, -0.15) is 0 Å². The lowest BCUT2D eigenvalue weighted by molar-refractivity contribution is -0.136. The standard InChI is InChI=1S/C13H17IN2O3S/c14-11-4-10(8-20-11)13(19)16-3-1-2-9(7-16)5-15-6-12(17)18/h4,8-9,15H,1-3,5-7H2,(H,17,18). The van der Waals surface area contributed by atoms with Crippen molar-refractivity contribution in [1.29, 1.82) is 0 Å². The molecule has 0 saturated carbocycles. The van der Waals surface area contributed by atoms with E-state index in [2.05, 4.69) is 27.9 Å². The molecule has 1 amide bonds. The number of nitrogens with zero attached hydrogens (tertiary/aromatic N) is 1. The number of carbonyl (C=O) groups is 2. The lowest BCUT2D eigenvalue weighted by Gasteiger charge is -2.32. The van der Waals surface area contributed by atoms with Gasteiger partial charge in [-0.1, -0.05) is 0 Å². The van der Waals surface area contributed by atoms with Gasteiger partial charge in [-0.05, 0) is 47.4 Å². The number of halogens is 1. The van der Waals surface area contributed by atoms with Gasteiger partial charge in [0, 0.05) is 25.0 Å². The zero-order valence-corrected chi connectivity index (χ0v) is 13.9. The summed E-state index contributed by atoms with van der Waals surface area (Å²) in [5.74, 6) is -0.418.